The molecule has 2 aliphatic rings. The number of hydrogen-bond donors (Lipinski definition) is 3. The van der Waals surface area contributed by atoms with Gasteiger partial charge in [-0.2, -0.15) is 8.42 Å². The molecule has 1 aromatic carbocycles. The van der Waals surface area contributed by atoms with Gasteiger partial charge in [0.2, 0.25) is 5.88 Å². The van der Waals surface area contributed by atoms with Gasteiger partial charge in [-0.3, -0.25) is 4.18 Å². The molecule has 1 unspecified atom stereocenters. The predicted molar refractivity (Wildman–Crippen MR) is 123 cm³/mol. The second kappa shape index (κ2) is 9.90. The summed E-state index contributed by atoms with van der Waals surface area (Å²) in [5.41, 5.74) is 2.63. The Morgan fingerprint density at radius 2 is 2.00 bits per heavy atom. The zero-order valence-electron chi connectivity index (χ0n) is 18.8. The van der Waals surface area contributed by atoms with Gasteiger partial charge in [0.05, 0.1) is 18.8 Å². The van der Waals surface area contributed by atoms with Gasteiger partial charge in [0, 0.05) is 30.9 Å². The fourth-order valence-electron chi connectivity index (χ4n) is 4.84. The topological polar surface area (TPSA) is 140 Å². The van der Waals surface area contributed by atoms with Gasteiger partial charge in [-0.15, -0.1) is 0 Å². The second-order valence-electron chi connectivity index (χ2n) is 9.10. The van der Waals surface area contributed by atoms with Crippen molar-refractivity contribution in [2.75, 3.05) is 32.6 Å². The van der Waals surface area contributed by atoms with Gasteiger partial charge >= 0.3 is 10.3 Å². The molecule has 0 radical (unpaired) electrons. The zero-order chi connectivity index (χ0) is 23.6. The SMILES string of the molecule is CN(C)C[C@H]1Cc2ccccc2C1Nc1cc(O[C@@H]2C[C@@H](COS(N)(=O)=O)[C@@H](O)C2)ncn1. The molecule has 11 heteroatoms. The normalized spacial score (nSPS) is 27.0. The summed E-state index contributed by atoms with van der Waals surface area (Å²) in [6.07, 6.45) is 2.19. The Morgan fingerprint density at radius 3 is 2.76 bits per heavy atom. The van der Waals surface area contributed by atoms with Crippen LogP contribution in [0.3, 0.4) is 0 Å². The summed E-state index contributed by atoms with van der Waals surface area (Å²) in [7, 11) is 0.109. The van der Waals surface area contributed by atoms with Crippen molar-refractivity contribution in [3.8, 4) is 5.88 Å². The van der Waals surface area contributed by atoms with Gasteiger partial charge in [0.15, 0.2) is 0 Å². The molecule has 2 aromatic rings. The lowest BCUT2D eigenvalue weighted by Gasteiger charge is -2.25. The van der Waals surface area contributed by atoms with E-state index >= 15 is 0 Å². The molecule has 33 heavy (non-hydrogen) atoms. The van der Waals surface area contributed by atoms with E-state index in [2.05, 4.69) is 62.7 Å². The Bertz CT molecular complexity index is 1070. The Labute approximate surface area is 194 Å². The number of aliphatic hydroxyl groups is 1. The highest BCUT2D eigenvalue weighted by Crippen LogP contribution is 2.39. The van der Waals surface area contributed by atoms with E-state index in [9.17, 15) is 13.5 Å². The van der Waals surface area contributed by atoms with Crippen LogP contribution < -0.4 is 15.2 Å². The third-order valence-corrected chi connectivity index (χ3v) is 6.70. The van der Waals surface area contributed by atoms with Crippen LogP contribution in [0.15, 0.2) is 36.7 Å². The van der Waals surface area contributed by atoms with E-state index in [1.54, 1.807) is 6.07 Å². The van der Waals surface area contributed by atoms with Crippen LogP contribution in [0.5, 0.6) is 5.88 Å². The number of aromatic nitrogens is 2. The second-order valence-corrected chi connectivity index (χ2v) is 10.3. The molecule has 1 saturated carbocycles. The standard InChI is InChI=1S/C22H31N5O5S/c1-27(2)11-15-7-14-5-3-4-6-18(14)22(15)26-20-10-21(25-13-24-20)32-17-8-16(19(28)9-17)12-31-33(23,29)30/h3-6,10,13,15-17,19,22,28H,7-9,11-12H2,1-2H3,(H2,23,29,30)(H,24,25,26)/t15-,16+,17-,19+,22?/m1/s1. The van der Waals surface area contributed by atoms with Crippen LogP contribution in [0.4, 0.5) is 5.82 Å². The number of benzene rings is 1. The predicted octanol–water partition coefficient (Wildman–Crippen LogP) is 1.10. The number of hydrogen-bond acceptors (Lipinski definition) is 9. The van der Waals surface area contributed by atoms with E-state index in [-0.39, 0.29) is 24.7 Å². The number of nitrogens with one attached hydrogen (secondary N) is 1. The maximum atomic E-state index is 11.0. The first-order valence-corrected chi connectivity index (χ1v) is 12.5. The highest BCUT2D eigenvalue weighted by atomic mass is 32.2. The average Bonchev–Trinajstić information content (AvgIpc) is 3.25. The molecule has 10 nitrogen and oxygen atoms in total. The molecule has 0 aliphatic heterocycles. The minimum Gasteiger partial charge on any atom is -0.474 e. The van der Waals surface area contributed by atoms with Crippen LogP contribution in [0.1, 0.15) is 30.0 Å². The van der Waals surface area contributed by atoms with E-state index in [0.717, 1.165) is 13.0 Å². The van der Waals surface area contributed by atoms with Crippen molar-refractivity contribution in [3.05, 3.63) is 47.8 Å². The van der Waals surface area contributed by atoms with E-state index in [1.807, 2.05) is 0 Å². The Hall–Kier alpha value is -2.31. The first kappa shape index (κ1) is 23.8. The number of nitrogens with two attached hydrogens (primary N) is 1. The monoisotopic (exact) mass is 477 g/mol. The zero-order valence-corrected chi connectivity index (χ0v) is 19.6. The Kier molecular flexibility index (Phi) is 7.15. The summed E-state index contributed by atoms with van der Waals surface area (Å²) in [6, 6.07) is 10.3. The van der Waals surface area contributed by atoms with Crippen molar-refractivity contribution < 1.29 is 22.4 Å². The lowest BCUT2D eigenvalue weighted by atomic mass is 10.00. The Balaban J connectivity index is 1.42. The molecule has 4 rings (SSSR count). The van der Waals surface area contributed by atoms with Crippen molar-refractivity contribution in [2.24, 2.45) is 17.0 Å². The molecule has 1 heterocycles. The average molecular weight is 478 g/mol. The smallest absolute Gasteiger partial charge is 0.333 e. The third-order valence-electron chi connectivity index (χ3n) is 6.24. The number of rotatable bonds is 9. The van der Waals surface area contributed by atoms with Crippen LogP contribution in [0.2, 0.25) is 0 Å². The summed E-state index contributed by atoms with van der Waals surface area (Å²) in [6.45, 7) is 0.771. The molecule has 1 aromatic heterocycles. The van der Waals surface area contributed by atoms with Crippen LogP contribution in [-0.4, -0.2) is 67.8 Å². The number of nitrogens with zero attached hydrogens (tertiary/aromatic N) is 3. The highest BCUT2D eigenvalue weighted by molar-refractivity contribution is 7.84. The minimum atomic E-state index is -4.05. The third kappa shape index (κ3) is 6.18. The van der Waals surface area contributed by atoms with Gasteiger partial charge in [-0.1, -0.05) is 24.3 Å². The van der Waals surface area contributed by atoms with Crippen molar-refractivity contribution in [1.29, 1.82) is 0 Å². The quantitative estimate of drug-likeness (QED) is 0.484. The van der Waals surface area contributed by atoms with E-state index < -0.39 is 16.4 Å². The Morgan fingerprint density at radius 1 is 1.21 bits per heavy atom. The van der Waals surface area contributed by atoms with E-state index in [0.29, 0.717) is 30.5 Å². The lowest BCUT2D eigenvalue weighted by Crippen LogP contribution is -2.28. The first-order chi connectivity index (χ1) is 15.7. The maximum Gasteiger partial charge on any atom is 0.333 e. The molecule has 0 saturated heterocycles. The van der Waals surface area contributed by atoms with Crippen molar-refractivity contribution >= 4 is 16.1 Å². The summed E-state index contributed by atoms with van der Waals surface area (Å²) < 4.78 is 32.7. The number of ether oxygens (including phenoxy) is 1. The molecule has 4 N–H and O–H groups in total. The van der Waals surface area contributed by atoms with Gasteiger partial charge in [-0.05, 0) is 38.1 Å². The van der Waals surface area contributed by atoms with Crippen molar-refractivity contribution in [3.63, 3.8) is 0 Å². The highest BCUT2D eigenvalue weighted by Gasteiger charge is 2.36. The van der Waals surface area contributed by atoms with Crippen LogP contribution in [0.25, 0.3) is 0 Å². The molecule has 5 atom stereocenters. The fourth-order valence-corrected chi connectivity index (χ4v) is 5.20. The minimum absolute atomic E-state index is 0.124. The molecule has 0 spiro atoms. The molecule has 0 bridgehead atoms. The summed E-state index contributed by atoms with van der Waals surface area (Å²) >= 11 is 0. The first-order valence-electron chi connectivity index (χ1n) is 11.0. The van der Waals surface area contributed by atoms with Gasteiger partial charge in [0.1, 0.15) is 18.2 Å². The van der Waals surface area contributed by atoms with Gasteiger partial charge < -0.3 is 20.1 Å². The molecule has 0 amide bonds. The maximum absolute atomic E-state index is 11.0. The summed E-state index contributed by atoms with van der Waals surface area (Å²) in [4.78, 5) is 10.8. The van der Waals surface area contributed by atoms with Gasteiger partial charge in [-0.25, -0.2) is 15.1 Å². The van der Waals surface area contributed by atoms with Crippen LogP contribution in [0, 0.1) is 11.8 Å². The van der Waals surface area contributed by atoms with E-state index in [1.165, 1.54) is 17.5 Å². The number of anilines is 1. The largest absolute Gasteiger partial charge is 0.474 e. The molecule has 2 aliphatic carbocycles. The molecule has 1 fully saturated rings. The summed E-state index contributed by atoms with van der Waals surface area (Å²) in [5.74, 6) is 1.09. The number of fused-ring (bicyclic) bond motifs is 1. The molecular formula is C22H31N5O5S. The lowest BCUT2D eigenvalue weighted by molar-refractivity contribution is 0.0986. The van der Waals surface area contributed by atoms with E-state index in [4.69, 9.17) is 9.88 Å². The molecule has 180 valence electrons. The summed E-state index contributed by atoms with van der Waals surface area (Å²) in [5, 5.41) is 18.7. The number of aliphatic hydroxyl groups excluding tert-OH is 1. The van der Waals surface area contributed by atoms with Gasteiger partial charge in [0.25, 0.3) is 0 Å². The van der Waals surface area contributed by atoms with Crippen LogP contribution >= 0.6 is 0 Å². The molecular weight excluding hydrogens is 446 g/mol. The van der Waals surface area contributed by atoms with Crippen molar-refractivity contribution in [1.82, 2.24) is 14.9 Å². The van der Waals surface area contributed by atoms with Crippen LogP contribution in [-0.2, 0) is 20.9 Å². The fraction of sp³-hybridized carbons (Fsp3) is 0.545. The van der Waals surface area contributed by atoms with Crippen molar-refractivity contribution in [2.45, 2.75) is 37.5 Å².